The molecule has 0 atom stereocenters. The van der Waals surface area contributed by atoms with Crippen molar-refractivity contribution in [2.45, 2.75) is 213 Å². The van der Waals surface area contributed by atoms with Crippen LogP contribution in [0.4, 0.5) is 0 Å². The van der Waals surface area contributed by atoms with E-state index < -0.39 is 0 Å². The molecule has 0 aliphatic rings. The Hall–Kier alpha value is -4.17. The maximum absolute atomic E-state index is 10.7. The summed E-state index contributed by atoms with van der Waals surface area (Å²) in [6.45, 7) is 43.8. The van der Waals surface area contributed by atoms with Crippen molar-refractivity contribution in [3.63, 3.8) is 0 Å². The second kappa shape index (κ2) is 44.1. The summed E-state index contributed by atoms with van der Waals surface area (Å²) in [5.74, 6) is -0.223. The minimum atomic E-state index is -0.223. The van der Waals surface area contributed by atoms with Crippen LogP contribution in [-0.2, 0) is 9.53 Å². The molecule has 64 heavy (non-hydrogen) atoms. The van der Waals surface area contributed by atoms with E-state index in [-0.39, 0.29) is 5.97 Å². The van der Waals surface area contributed by atoms with Gasteiger partial charge in [-0.3, -0.25) is 4.79 Å². The zero-order chi connectivity index (χ0) is 49.1. The van der Waals surface area contributed by atoms with Gasteiger partial charge in [0.1, 0.15) is 6.61 Å². The molecule has 2 heteroatoms. The minimum absolute atomic E-state index is 0.223. The average molecular weight is 877 g/mol. The van der Waals surface area contributed by atoms with E-state index in [2.05, 4.69) is 177 Å². The van der Waals surface area contributed by atoms with E-state index in [9.17, 15) is 4.79 Å². The largest absolute Gasteiger partial charge is 0.462 e. The van der Waals surface area contributed by atoms with E-state index in [1.165, 1.54) is 113 Å². The third kappa shape index (κ3) is 52.2. The zero-order valence-corrected chi connectivity index (χ0v) is 44.7. The monoisotopic (exact) mass is 877 g/mol. The van der Waals surface area contributed by atoms with Gasteiger partial charge in [0.25, 0.3) is 0 Å². The van der Waals surface area contributed by atoms with Gasteiger partial charge in [0.2, 0.25) is 0 Å². The Kier molecular flexibility index (Phi) is 44.1. The fraction of sp³-hybridized carbons (Fsp3) is 0.532. The van der Waals surface area contributed by atoms with E-state index in [0.717, 1.165) is 69.8 Å². The van der Waals surface area contributed by atoms with E-state index in [1.807, 2.05) is 18.2 Å². The Morgan fingerprint density at radius 1 is 0.359 bits per heavy atom. The van der Waals surface area contributed by atoms with Gasteiger partial charge in [-0.15, -0.1) is 0 Å². The van der Waals surface area contributed by atoms with Crippen LogP contribution in [0.3, 0.4) is 0 Å². The van der Waals surface area contributed by atoms with Crippen molar-refractivity contribution in [2.75, 3.05) is 6.61 Å². The van der Waals surface area contributed by atoms with Crippen molar-refractivity contribution in [1.29, 1.82) is 0 Å². The second-order valence-electron chi connectivity index (χ2n) is 18.6. The van der Waals surface area contributed by atoms with Gasteiger partial charge in [0, 0.05) is 6.92 Å². The number of esters is 1. The number of carbonyl (C=O) groups excluding carboxylic acids is 1. The number of allylic oxidation sites excluding steroid dienone is 24. The maximum atomic E-state index is 10.7. The maximum Gasteiger partial charge on any atom is 0.302 e. The molecule has 0 bridgehead atoms. The molecular weight excluding hydrogens is 777 g/mol. The fourth-order valence-electron chi connectivity index (χ4n) is 6.10. The fourth-order valence-corrected chi connectivity index (χ4v) is 6.10. The Morgan fingerprint density at radius 3 is 0.922 bits per heavy atom. The summed E-state index contributed by atoms with van der Waals surface area (Å²) >= 11 is 0. The lowest BCUT2D eigenvalue weighted by Gasteiger charge is -2.03. The molecule has 0 heterocycles. The molecule has 0 rings (SSSR count). The third-order valence-electron chi connectivity index (χ3n) is 10.6. The molecule has 2 nitrogen and oxygen atoms in total. The van der Waals surface area contributed by atoms with Crippen molar-refractivity contribution < 1.29 is 9.53 Å². The smallest absolute Gasteiger partial charge is 0.302 e. The molecule has 360 valence electrons. The van der Waals surface area contributed by atoms with Crippen LogP contribution in [-0.4, -0.2) is 12.6 Å². The molecule has 0 saturated heterocycles. The summed E-state index contributed by atoms with van der Waals surface area (Å²) in [4.78, 5) is 10.7. The lowest BCUT2D eigenvalue weighted by molar-refractivity contribution is -0.139. The highest BCUT2D eigenvalue weighted by Gasteiger charge is 1.97. The van der Waals surface area contributed by atoms with Gasteiger partial charge < -0.3 is 4.74 Å². The molecule has 0 radical (unpaired) electrons. The second-order valence-corrected chi connectivity index (χ2v) is 18.6. The van der Waals surface area contributed by atoms with E-state index >= 15 is 0 Å². The molecule has 0 unspecified atom stereocenters. The Balaban J connectivity index is -0.000000878. The first-order chi connectivity index (χ1) is 30.2. The van der Waals surface area contributed by atoms with Crippen molar-refractivity contribution in [2.24, 2.45) is 0 Å². The lowest BCUT2D eigenvalue weighted by Crippen LogP contribution is -1.98. The molecule has 0 amide bonds. The van der Waals surface area contributed by atoms with Crippen LogP contribution in [0.5, 0.6) is 0 Å². The number of rotatable bonds is 30. The summed E-state index contributed by atoms with van der Waals surface area (Å²) in [5, 5.41) is 0. The first-order valence-corrected chi connectivity index (χ1v) is 24.4. The number of carbonyl (C=O) groups is 1. The van der Waals surface area contributed by atoms with E-state index in [1.54, 1.807) is 0 Å². The Labute approximate surface area is 399 Å². The van der Waals surface area contributed by atoms with Crippen molar-refractivity contribution in [1.82, 2.24) is 0 Å². The summed E-state index contributed by atoms with van der Waals surface area (Å²) in [5.41, 5.74) is 16.8. The molecule has 0 aliphatic heterocycles. The number of hydrogen-bond acceptors (Lipinski definition) is 2. The summed E-state index contributed by atoms with van der Waals surface area (Å²) in [6.07, 6.45) is 48.2. The number of hydrogen-bond donors (Lipinski definition) is 0. The third-order valence-corrected chi connectivity index (χ3v) is 10.6. The number of ether oxygens (including phenoxy) is 1. The molecule has 0 aromatic rings. The summed E-state index contributed by atoms with van der Waals surface area (Å²) in [7, 11) is 0. The minimum Gasteiger partial charge on any atom is -0.462 e. The highest BCUT2D eigenvalue weighted by Crippen LogP contribution is 2.16. The van der Waals surface area contributed by atoms with Gasteiger partial charge in [-0.05, 0) is 212 Å². The molecule has 0 N–H and O–H groups in total. The molecule has 0 aliphatic carbocycles. The average Bonchev–Trinajstić information content (AvgIpc) is 3.20. The van der Waals surface area contributed by atoms with Gasteiger partial charge in [-0.1, -0.05) is 160 Å². The van der Waals surface area contributed by atoms with Crippen LogP contribution in [0.2, 0.25) is 0 Å². The van der Waals surface area contributed by atoms with Gasteiger partial charge >= 0.3 is 5.97 Å². The van der Waals surface area contributed by atoms with E-state index in [0.29, 0.717) is 6.61 Å². The Bertz CT molecular complexity index is 1660. The van der Waals surface area contributed by atoms with Crippen LogP contribution in [0.25, 0.3) is 0 Å². The quantitative estimate of drug-likeness (QED) is 0.0408. The first kappa shape index (κ1) is 64.1. The van der Waals surface area contributed by atoms with Crippen molar-refractivity contribution in [3.8, 4) is 0 Å². The molecule has 0 spiro atoms. The lowest BCUT2D eigenvalue weighted by atomic mass is 10.0. The van der Waals surface area contributed by atoms with E-state index in [4.69, 9.17) is 4.74 Å². The highest BCUT2D eigenvalue weighted by molar-refractivity contribution is 5.66. The van der Waals surface area contributed by atoms with Gasteiger partial charge in [-0.2, -0.15) is 0 Å². The molecule has 0 saturated carbocycles. The van der Waals surface area contributed by atoms with Crippen molar-refractivity contribution in [3.05, 3.63) is 166 Å². The summed E-state index contributed by atoms with van der Waals surface area (Å²) < 4.78 is 4.92. The van der Waals surface area contributed by atoms with Crippen LogP contribution < -0.4 is 0 Å². The molecule has 0 fully saturated rings. The van der Waals surface area contributed by atoms with Crippen LogP contribution in [0.15, 0.2) is 166 Å². The molecular formula is C62H100O2. The van der Waals surface area contributed by atoms with Crippen LogP contribution in [0.1, 0.15) is 213 Å². The topological polar surface area (TPSA) is 26.3 Å². The van der Waals surface area contributed by atoms with Gasteiger partial charge in [-0.25, -0.2) is 0 Å². The highest BCUT2D eigenvalue weighted by atomic mass is 16.5. The first-order valence-electron chi connectivity index (χ1n) is 24.4. The molecule has 0 aromatic carbocycles. The predicted octanol–water partition coefficient (Wildman–Crippen LogP) is 20.6. The summed E-state index contributed by atoms with van der Waals surface area (Å²) in [6, 6.07) is 0. The molecule has 0 aromatic heterocycles. The normalized spacial score (nSPS) is 12.9. The zero-order valence-electron chi connectivity index (χ0n) is 44.7. The van der Waals surface area contributed by atoms with Crippen LogP contribution >= 0.6 is 0 Å². The standard InChI is InChI=1S/C22H36O2.2C20H32/c1-18(2)10-7-11-19(3)12-8-13-20(4)14-9-15-21(5)16-17-24-22(6)23;2*1-7-18(4)12-9-14-20(6)16-10-15-19(5)13-8-11-17(2)3/h10,12,14,16H,7-9,11,13,15,17H2,1-6H3;7,11-12,14-15H,1,8-10,13,16H2,2-6H3;7,11,14-15H,1,4,8-10,12-13,16H2,2-3,5-6H3/b19-12+,20-14+,21-16+;18-12+,19-15+,20-14+;19-15+,20-14+. The van der Waals surface area contributed by atoms with Gasteiger partial charge in [0.15, 0.2) is 0 Å². The van der Waals surface area contributed by atoms with Crippen molar-refractivity contribution >= 4 is 5.97 Å². The SMILES string of the molecule is C=C/C(C)=C/C/C=C(\C)CC/C=C(\C)CCC=C(C)C.C=CC(=C)CC/C=C(\C)CC/C=C(\C)CCC=C(C)C.CC(=O)OC/C=C(\C)CC/C=C(\C)CC/C=C(\C)CCC=C(C)C. The Morgan fingerprint density at radius 2 is 0.641 bits per heavy atom. The predicted molar refractivity (Wildman–Crippen MR) is 293 cm³/mol. The van der Waals surface area contributed by atoms with Crippen LogP contribution in [0, 0.1) is 0 Å². The van der Waals surface area contributed by atoms with Gasteiger partial charge in [0.05, 0.1) is 0 Å².